The summed E-state index contributed by atoms with van der Waals surface area (Å²) in [7, 11) is 0. The number of carbonyl (C=O) groups excluding carboxylic acids is 1. The molecule has 1 saturated heterocycles. The predicted molar refractivity (Wildman–Crippen MR) is 90.1 cm³/mol. The van der Waals surface area contributed by atoms with Gasteiger partial charge in [-0.25, -0.2) is 0 Å². The van der Waals surface area contributed by atoms with Crippen molar-refractivity contribution in [2.45, 2.75) is 24.8 Å². The number of nitrogens with one attached hydrogen (secondary N) is 1. The molecule has 1 aliphatic heterocycles. The lowest BCUT2D eigenvalue weighted by atomic mass is 9.72. The molecule has 0 aromatic heterocycles. The molecule has 1 aromatic rings. The molecule has 126 valence electrons. The maximum absolute atomic E-state index is 12.5. The van der Waals surface area contributed by atoms with Crippen molar-refractivity contribution in [2.75, 3.05) is 45.9 Å². The first-order valence-corrected chi connectivity index (χ1v) is 8.64. The molecule has 1 amide bonds. The van der Waals surface area contributed by atoms with Gasteiger partial charge in [0.25, 0.3) is 0 Å². The minimum absolute atomic E-state index is 0.129. The fourth-order valence-electron chi connectivity index (χ4n) is 3.60. The van der Waals surface area contributed by atoms with Crippen molar-refractivity contribution in [2.24, 2.45) is 0 Å². The van der Waals surface area contributed by atoms with Crippen molar-refractivity contribution < 1.29 is 9.90 Å². The first kappa shape index (κ1) is 16.4. The lowest BCUT2D eigenvalue weighted by molar-refractivity contribution is -0.126. The van der Waals surface area contributed by atoms with Crippen LogP contribution in [0.25, 0.3) is 0 Å². The van der Waals surface area contributed by atoms with Gasteiger partial charge in [0.1, 0.15) is 0 Å². The molecular weight excluding hydrogens is 290 g/mol. The highest BCUT2D eigenvalue weighted by atomic mass is 16.3. The van der Waals surface area contributed by atoms with E-state index >= 15 is 0 Å². The molecule has 0 unspecified atom stereocenters. The first-order valence-electron chi connectivity index (χ1n) is 8.64. The highest BCUT2D eigenvalue weighted by Crippen LogP contribution is 2.41. The maximum atomic E-state index is 12.5. The molecule has 23 heavy (non-hydrogen) atoms. The van der Waals surface area contributed by atoms with Crippen LogP contribution in [0.4, 0.5) is 0 Å². The van der Waals surface area contributed by atoms with Gasteiger partial charge in [0.05, 0.1) is 18.7 Å². The number of aliphatic hydroxyl groups excluding tert-OH is 1. The van der Waals surface area contributed by atoms with Crippen LogP contribution in [0, 0.1) is 0 Å². The minimum atomic E-state index is -0.142. The number of benzene rings is 1. The normalized spacial score (nSPS) is 21.6. The van der Waals surface area contributed by atoms with Crippen molar-refractivity contribution in [3.05, 3.63) is 35.9 Å². The molecule has 0 radical (unpaired) electrons. The molecule has 1 heterocycles. The van der Waals surface area contributed by atoms with Crippen LogP contribution in [-0.4, -0.2) is 66.7 Å². The SMILES string of the molecule is O=C(CN1CCN(CCO)CC1)NC1(c2ccccc2)CCC1. The van der Waals surface area contributed by atoms with Gasteiger partial charge in [0.15, 0.2) is 0 Å². The Labute approximate surface area is 138 Å². The van der Waals surface area contributed by atoms with E-state index in [1.807, 2.05) is 18.2 Å². The number of β-amino-alcohol motifs (C(OH)–C–C–N with tert-alkyl or cyclic N) is 1. The molecule has 2 aliphatic rings. The Kier molecular flexibility index (Phi) is 5.30. The number of amides is 1. The van der Waals surface area contributed by atoms with Crippen LogP contribution in [-0.2, 0) is 10.3 Å². The van der Waals surface area contributed by atoms with E-state index in [4.69, 9.17) is 5.11 Å². The summed E-state index contributed by atoms with van der Waals surface area (Å²) in [4.78, 5) is 16.9. The van der Waals surface area contributed by atoms with E-state index < -0.39 is 0 Å². The monoisotopic (exact) mass is 317 g/mol. The zero-order valence-electron chi connectivity index (χ0n) is 13.7. The van der Waals surface area contributed by atoms with Gasteiger partial charge in [0, 0.05) is 32.7 Å². The zero-order valence-corrected chi connectivity index (χ0v) is 13.7. The Balaban J connectivity index is 1.51. The van der Waals surface area contributed by atoms with Crippen LogP contribution in [0.1, 0.15) is 24.8 Å². The van der Waals surface area contributed by atoms with Crippen LogP contribution in [0.5, 0.6) is 0 Å². The number of nitrogens with zero attached hydrogens (tertiary/aromatic N) is 2. The van der Waals surface area contributed by atoms with Crippen LogP contribution in [0.3, 0.4) is 0 Å². The molecule has 3 rings (SSSR count). The average molecular weight is 317 g/mol. The third-order valence-corrected chi connectivity index (χ3v) is 5.16. The predicted octanol–water partition coefficient (Wildman–Crippen LogP) is 0.792. The molecule has 5 heteroatoms. The third kappa shape index (κ3) is 3.91. The lowest BCUT2D eigenvalue weighted by Crippen LogP contribution is -2.55. The summed E-state index contributed by atoms with van der Waals surface area (Å²) in [5.74, 6) is 0.129. The van der Waals surface area contributed by atoms with Gasteiger partial charge < -0.3 is 10.4 Å². The molecule has 5 nitrogen and oxygen atoms in total. The van der Waals surface area contributed by atoms with Crippen LogP contribution < -0.4 is 5.32 Å². The molecule has 0 spiro atoms. The Morgan fingerprint density at radius 2 is 1.74 bits per heavy atom. The summed E-state index contributed by atoms with van der Waals surface area (Å²) in [6.07, 6.45) is 3.25. The second-order valence-corrected chi connectivity index (χ2v) is 6.69. The third-order valence-electron chi connectivity index (χ3n) is 5.16. The Bertz CT molecular complexity index is 508. The highest BCUT2D eigenvalue weighted by Gasteiger charge is 2.40. The zero-order chi connectivity index (χ0) is 16.1. The van der Waals surface area contributed by atoms with Crippen molar-refractivity contribution >= 4 is 5.91 Å². The number of aliphatic hydroxyl groups is 1. The van der Waals surface area contributed by atoms with Gasteiger partial charge in [-0.1, -0.05) is 30.3 Å². The standard InChI is InChI=1S/C18H27N3O2/c22-14-13-20-9-11-21(12-10-20)15-17(23)19-18(7-4-8-18)16-5-2-1-3-6-16/h1-3,5-6,22H,4,7-15H2,(H,19,23). The minimum Gasteiger partial charge on any atom is -0.395 e. The van der Waals surface area contributed by atoms with E-state index in [0.29, 0.717) is 6.54 Å². The van der Waals surface area contributed by atoms with Gasteiger partial charge in [-0.3, -0.25) is 14.6 Å². The topological polar surface area (TPSA) is 55.8 Å². The fourth-order valence-corrected chi connectivity index (χ4v) is 3.60. The van der Waals surface area contributed by atoms with E-state index in [-0.39, 0.29) is 18.1 Å². The van der Waals surface area contributed by atoms with Gasteiger partial charge in [-0.05, 0) is 24.8 Å². The highest BCUT2D eigenvalue weighted by molar-refractivity contribution is 5.79. The average Bonchev–Trinajstić information content (AvgIpc) is 2.54. The van der Waals surface area contributed by atoms with Gasteiger partial charge in [-0.15, -0.1) is 0 Å². The van der Waals surface area contributed by atoms with E-state index in [1.54, 1.807) is 0 Å². The number of hydrogen-bond donors (Lipinski definition) is 2. The molecule has 2 fully saturated rings. The molecule has 1 saturated carbocycles. The smallest absolute Gasteiger partial charge is 0.234 e. The number of rotatable bonds is 6. The van der Waals surface area contributed by atoms with Crippen LogP contribution in [0.15, 0.2) is 30.3 Å². The van der Waals surface area contributed by atoms with E-state index in [9.17, 15) is 4.79 Å². The van der Waals surface area contributed by atoms with Gasteiger partial charge >= 0.3 is 0 Å². The Morgan fingerprint density at radius 3 is 2.30 bits per heavy atom. The second-order valence-electron chi connectivity index (χ2n) is 6.69. The molecule has 1 aliphatic carbocycles. The van der Waals surface area contributed by atoms with Crippen molar-refractivity contribution in [3.8, 4) is 0 Å². The Morgan fingerprint density at radius 1 is 1.09 bits per heavy atom. The largest absolute Gasteiger partial charge is 0.395 e. The molecule has 1 aromatic carbocycles. The molecule has 0 atom stereocenters. The van der Waals surface area contributed by atoms with Crippen molar-refractivity contribution in [3.63, 3.8) is 0 Å². The number of carbonyl (C=O) groups is 1. The molecule has 2 N–H and O–H groups in total. The maximum Gasteiger partial charge on any atom is 0.234 e. The second kappa shape index (κ2) is 7.43. The summed E-state index contributed by atoms with van der Waals surface area (Å²) >= 11 is 0. The summed E-state index contributed by atoms with van der Waals surface area (Å²) in [5, 5.41) is 12.3. The number of hydrogen-bond acceptors (Lipinski definition) is 4. The van der Waals surface area contributed by atoms with E-state index in [2.05, 4.69) is 27.2 Å². The van der Waals surface area contributed by atoms with Crippen molar-refractivity contribution in [1.29, 1.82) is 0 Å². The summed E-state index contributed by atoms with van der Waals surface area (Å²) in [6, 6.07) is 10.3. The first-order chi connectivity index (χ1) is 11.2. The Hall–Kier alpha value is -1.43. The van der Waals surface area contributed by atoms with Gasteiger partial charge in [0.2, 0.25) is 5.91 Å². The van der Waals surface area contributed by atoms with Gasteiger partial charge in [-0.2, -0.15) is 0 Å². The number of piperazine rings is 1. The van der Waals surface area contributed by atoms with E-state index in [1.165, 1.54) is 12.0 Å². The lowest BCUT2D eigenvalue weighted by Gasteiger charge is -2.44. The molecular formula is C18H27N3O2. The van der Waals surface area contributed by atoms with E-state index in [0.717, 1.165) is 45.6 Å². The fraction of sp³-hybridized carbons (Fsp3) is 0.611. The van der Waals surface area contributed by atoms with Crippen LogP contribution in [0.2, 0.25) is 0 Å². The van der Waals surface area contributed by atoms with Crippen molar-refractivity contribution in [1.82, 2.24) is 15.1 Å². The quantitative estimate of drug-likeness (QED) is 0.815. The summed E-state index contributed by atoms with van der Waals surface area (Å²) < 4.78 is 0. The van der Waals surface area contributed by atoms with Crippen LogP contribution >= 0.6 is 0 Å². The summed E-state index contributed by atoms with van der Waals surface area (Å²) in [6.45, 7) is 5.06. The summed E-state index contributed by atoms with van der Waals surface area (Å²) in [5.41, 5.74) is 1.09. The molecule has 0 bridgehead atoms.